The fraction of sp³-hybridized carbons (Fsp3) is 0.190. The minimum absolute atomic E-state index is 0.580. The van der Waals surface area contributed by atoms with Crippen LogP contribution in [-0.2, 0) is 16.0 Å². The van der Waals surface area contributed by atoms with Crippen LogP contribution in [0.25, 0.3) is 10.9 Å². The molecule has 0 aliphatic heterocycles. The lowest BCUT2D eigenvalue weighted by atomic mass is 10.1. The number of benzene rings is 2. The lowest BCUT2D eigenvalue weighted by Crippen LogP contribution is -2.32. The highest BCUT2D eigenvalue weighted by Gasteiger charge is 2.12. The van der Waals surface area contributed by atoms with Crippen molar-refractivity contribution in [3.05, 3.63) is 65.9 Å². The highest BCUT2D eigenvalue weighted by atomic mass is 16.2. The summed E-state index contributed by atoms with van der Waals surface area (Å²) in [6.07, 6.45) is 6.57. The van der Waals surface area contributed by atoms with Gasteiger partial charge in [0, 0.05) is 28.4 Å². The molecule has 1 aromatic heterocycles. The van der Waals surface area contributed by atoms with E-state index >= 15 is 0 Å². The Labute approximate surface area is 157 Å². The van der Waals surface area contributed by atoms with Crippen LogP contribution in [-0.4, -0.2) is 23.0 Å². The molecule has 0 saturated carbocycles. The monoisotopic (exact) mass is 362 g/mol. The van der Waals surface area contributed by atoms with Crippen LogP contribution >= 0.6 is 0 Å². The van der Waals surface area contributed by atoms with E-state index in [1.165, 1.54) is 11.8 Å². The number of hydrazone groups is 1. The Kier molecular flexibility index (Phi) is 5.99. The summed E-state index contributed by atoms with van der Waals surface area (Å²) in [4.78, 5) is 27.0. The number of nitrogens with one attached hydrogen (secondary N) is 3. The van der Waals surface area contributed by atoms with Crippen molar-refractivity contribution >= 4 is 34.6 Å². The summed E-state index contributed by atoms with van der Waals surface area (Å²) in [5, 5.41) is 7.43. The second-order valence-corrected chi connectivity index (χ2v) is 6.24. The normalized spacial score (nSPS) is 11.0. The molecule has 2 aromatic carbocycles. The SMILES string of the molecule is CCCCc1ccc(NC(=O)C(=O)N/N=C\c2c[nH]c3ccccc23)cc1. The molecule has 0 spiro atoms. The lowest BCUT2D eigenvalue weighted by Gasteiger charge is -2.05. The van der Waals surface area contributed by atoms with E-state index in [0.717, 1.165) is 35.7 Å². The van der Waals surface area contributed by atoms with E-state index in [9.17, 15) is 9.59 Å². The van der Waals surface area contributed by atoms with E-state index in [4.69, 9.17) is 0 Å². The molecule has 0 fully saturated rings. The summed E-state index contributed by atoms with van der Waals surface area (Å²) < 4.78 is 0. The summed E-state index contributed by atoms with van der Waals surface area (Å²) in [5.41, 5.74) is 5.84. The predicted octanol–water partition coefficient (Wildman–Crippen LogP) is 3.60. The Morgan fingerprint density at radius 1 is 1.07 bits per heavy atom. The Morgan fingerprint density at radius 3 is 2.63 bits per heavy atom. The standard InChI is InChI=1S/C21H22N4O2/c1-2-3-6-15-9-11-17(12-10-15)24-20(26)21(27)25-23-14-16-13-22-19-8-5-4-7-18(16)19/h4-5,7-14,22H,2-3,6H2,1H3,(H,24,26)(H,25,27)/b23-14-. The second-order valence-electron chi connectivity index (χ2n) is 6.24. The third-order valence-corrected chi connectivity index (χ3v) is 4.23. The molecule has 0 unspecified atom stereocenters. The predicted molar refractivity (Wildman–Crippen MR) is 108 cm³/mol. The number of nitrogens with zero attached hydrogens (tertiary/aromatic N) is 1. The number of aryl methyl sites for hydroxylation is 1. The van der Waals surface area contributed by atoms with Crippen LogP contribution in [0.2, 0.25) is 0 Å². The van der Waals surface area contributed by atoms with E-state index in [1.54, 1.807) is 18.3 Å². The quantitative estimate of drug-likeness (QED) is 0.355. The molecule has 0 radical (unpaired) electrons. The van der Waals surface area contributed by atoms with Crippen LogP contribution in [0.4, 0.5) is 5.69 Å². The topological polar surface area (TPSA) is 86.3 Å². The van der Waals surface area contributed by atoms with Gasteiger partial charge < -0.3 is 10.3 Å². The lowest BCUT2D eigenvalue weighted by molar-refractivity contribution is -0.136. The first-order valence-electron chi connectivity index (χ1n) is 8.97. The third-order valence-electron chi connectivity index (χ3n) is 4.23. The maximum Gasteiger partial charge on any atom is 0.329 e. The zero-order valence-electron chi connectivity index (χ0n) is 15.2. The molecule has 2 amide bonds. The number of H-pyrrole nitrogens is 1. The maximum absolute atomic E-state index is 12.0. The summed E-state index contributed by atoms with van der Waals surface area (Å²) in [5.74, 6) is -1.58. The van der Waals surface area contributed by atoms with Gasteiger partial charge in [-0.3, -0.25) is 9.59 Å². The number of hydrogen-bond acceptors (Lipinski definition) is 3. The van der Waals surface area contributed by atoms with Crippen molar-refractivity contribution in [3.63, 3.8) is 0 Å². The molecule has 6 heteroatoms. The minimum atomic E-state index is -0.818. The van der Waals surface area contributed by atoms with Crippen LogP contribution in [0.15, 0.2) is 59.8 Å². The highest BCUT2D eigenvalue weighted by molar-refractivity contribution is 6.39. The van der Waals surface area contributed by atoms with Gasteiger partial charge in [0.2, 0.25) is 0 Å². The smallest absolute Gasteiger partial charge is 0.329 e. The van der Waals surface area contributed by atoms with Gasteiger partial charge >= 0.3 is 11.8 Å². The van der Waals surface area contributed by atoms with Crippen LogP contribution in [0.3, 0.4) is 0 Å². The van der Waals surface area contributed by atoms with Crippen molar-refractivity contribution in [1.82, 2.24) is 10.4 Å². The van der Waals surface area contributed by atoms with Crippen molar-refractivity contribution in [1.29, 1.82) is 0 Å². The molecule has 0 aliphatic rings. The van der Waals surface area contributed by atoms with Gasteiger partial charge in [-0.05, 0) is 36.6 Å². The number of carbonyl (C=O) groups is 2. The van der Waals surface area contributed by atoms with Crippen LogP contribution in [0.1, 0.15) is 30.9 Å². The molecular formula is C21H22N4O2. The zero-order chi connectivity index (χ0) is 19.1. The number of aromatic amines is 1. The van der Waals surface area contributed by atoms with Gasteiger partial charge in [-0.15, -0.1) is 0 Å². The van der Waals surface area contributed by atoms with Gasteiger partial charge in [0.05, 0.1) is 6.21 Å². The Balaban J connectivity index is 1.54. The molecule has 3 aromatic rings. The van der Waals surface area contributed by atoms with E-state index in [2.05, 4.69) is 27.8 Å². The first-order chi connectivity index (χ1) is 13.2. The van der Waals surface area contributed by atoms with Crippen molar-refractivity contribution in [2.75, 3.05) is 5.32 Å². The van der Waals surface area contributed by atoms with Gasteiger partial charge in [-0.25, -0.2) is 5.43 Å². The van der Waals surface area contributed by atoms with Crippen molar-refractivity contribution in [2.45, 2.75) is 26.2 Å². The summed E-state index contributed by atoms with van der Waals surface area (Å²) in [6, 6.07) is 15.3. The van der Waals surface area contributed by atoms with Gasteiger partial charge in [-0.2, -0.15) is 5.10 Å². The van der Waals surface area contributed by atoms with Crippen LogP contribution < -0.4 is 10.7 Å². The molecule has 1 heterocycles. The summed E-state index contributed by atoms with van der Waals surface area (Å²) in [7, 11) is 0. The highest BCUT2D eigenvalue weighted by Crippen LogP contribution is 2.15. The van der Waals surface area contributed by atoms with E-state index < -0.39 is 11.8 Å². The fourth-order valence-electron chi connectivity index (χ4n) is 2.74. The van der Waals surface area contributed by atoms with Crippen LogP contribution in [0, 0.1) is 0 Å². The molecule has 3 rings (SSSR count). The molecule has 0 bridgehead atoms. The number of amides is 2. The summed E-state index contributed by atoms with van der Waals surface area (Å²) in [6.45, 7) is 2.15. The van der Waals surface area contributed by atoms with E-state index in [-0.39, 0.29) is 0 Å². The molecule has 0 saturated heterocycles. The zero-order valence-corrected chi connectivity index (χ0v) is 15.2. The van der Waals surface area contributed by atoms with Crippen LogP contribution in [0.5, 0.6) is 0 Å². The number of carbonyl (C=O) groups excluding carboxylic acids is 2. The van der Waals surface area contributed by atoms with E-state index in [1.807, 2.05) is 36.4 Å². The van der Waals surface area contributed by atoms with E-state index in [0.29, 0.717) is 5.69 Å². The van der Waals surface area contributed by atoms with Gasteiger partial charge in [0.25, 0.3) is 0 Å². The molecule has 0 atom stereocenters. The molecule has 138 valence electrons. The van der Waals surface area contributed by atoms with Gasteiger partial charge in [0.15, 0.2) is 0 Å². The van der Waals surface area contributed by atoms with Crippen molar-refractivity contribution < 1.29 is 9.59 Å². The second kappa shape index (κ2) is 8.80. The molecule has 6 nitrogen and oxygen atoms in total. The Bertz CT molecular complexity index is 958. The Hall–Kier alpha value is -3.41. The Morgan fingerprint density at radius 2 is 1.85 bits per heavy atom. The average molecular weight is 362 g/mol. The van der Waals surface area contributed by atoms with Gasteiger partial charge in [0.1, 0.15) is 0 Å². The number of hydrogen-bond donors (Lipinski definition) is 3. The first-order valence-corrected chi connectivity index (χ1v) is 8.97. The summed E-state index contributed by atoms with van der Waals surface area (Å²) >= 11 is 0. The third kappa shape index (κ3) is 4.82. The number of rotatable bonds is 6. The first kappa shape index (κ1) is 18.4. The minimum Gasteiger partial charge on any atom is -0.361 e. The fourth-order valence-corrected chi connectivity index (χ4v) is 2.74. The van der Waals surface area contributed by atoms with Crippen molar-refractivity contribution in [2.24, 2.45) is 5.10 Å². The molecule has 27 heavy (non-hydrogen) atoms. The molecule has 3 N–H and O–H groups in total. The maximum atomic E-state index is 12.0. The van der Waals surface area contributed by atoms with Crippen molar-refractivity contribution in [3.8, 4) is 0 Å². The van der Waals surface area contributed by atoms with Gasteiger partial charge in [-0.1, -0.05) is 43.7 Å². The number of unbranched alkanes of at least 4 members (excludes halogenated alkanes) is 1. The molecule has 0 aliphatic carbocycles. The largest absolute Gasteiger partial charge is 0.361 e. The number of aromatic nitrogens is 1. The number of fused-ring (bicyclic) bond motifs is 1. The number of para-hydroxylation sites is 1. The average Bonchev–Trinajstić information content (AvgIpc) is 3.10. The number of anilines is 1. The molecular weight excluding hydrogens is 340 g/mol.